The van der Waals surface area contributed by atoms with Gasteiger partial charge >= 0.3 is 6.18 Å². The molecule has 1 aromatic carbocycles. The van der Waals surface area contributed by atoms with E-state index in [-0.39, 0.29) is 18.4 Å². The number of likely N-dealkylation sites (tertiary alicyclic amines) is 1. The third-order valence-electron chi connectivity index (χ3n) is 5.75. The number of alkyl halides is 3. The molecule has 0 radical (unpaired) electrons. The minimum absolute atomic E-state index is 0.0772. The van der Waals surface area contributed by atoms with Gasteiger partial charge in [0, 0.05) is 36.8 Å². The maximum atomic E-state index is 13.3. The highest BCUT2D eigenvalue weighted by atomic mass is 19.4. The Morgan fingerprint density at radius 2 is 1.85 bits per heavy atom. The molecule has 1 amide bonds. The quantitative estimate of drug-likeness (QED) is 0.833. The number of carbonyl (C=O) groups excluding carboxylic acids is 1. The Kier molecular flexibility index (Phi) is 6.17. The van der Waals surface area contributed by atoms with Crippen molar-refractivity contribution in [3.05, 3.63) is 24.3 Å². The van der Waals surface area contributed by atoms with E-state index in [1.165, 1.54) is 0 Å². The molecule has 3 rings (SSSR count). The first-order valence-corrected chi connectivity index (χ1v) is 9.64. The summed E-state index contributed by atoms with van der Waals surface area (Å²) in [6.45, 7) is 1.00. The highest BCUT2D eigenvalue weighted by Gasteiger charge is 2.49. The van der Waals surface area contributed by atoms with E-state index < -0.39 is 18.0 Å². The first-order chi connectivity index (χ1) is 12.9. The van der Waals surface area contributed by atoms with E-state index in [9.17, 15) is 18.0 Å². The van der Waals surface area contributed by atoms with E-state index in [4.69, 9.17) is 4.74 Å². The summed E-state index contributed by atoms with van der Waals surface area (Å²) in [6.07, 6.45) is -1.14. The predicted molar refractivity (Wildman–Crippen MR) is 97.7 cm³/mol. The van der Waals surface area contributed by atoms with Crippen molar-refractivity contribution in [3.8, 4) is 5.75 Å². The molecule has 1 saturated carbocycles. The molecular weight excluding hydrogens is 357 g/mol. The lowest BCUT2D eigenvalue weighted by molar-refractivity contribution is -0.201. The van der Waals surface area contributed by atoms with Crippen LogP contribution in [0.25, 0.3) is 0 Å². The van der Waals surface area contributed by atoms with Gasteiger partial charge in [0.05, 0.1) is 13.0 Å². The number of nitrogens with one attached hydrogen (secondary N) is 1. The van der Waals surface area contributed by atoms with Crippen LogP contribution in [0.3, 0.4) is 0 Å². The number of rotatable bonds is 4. The van der Waals surface area contributed by atoms with Crippen molar-refractivity contribution in [2.45, 2.75) is 50.7 Å². The third kappa shape index (κ3) is 4.87. The molecule has 2 aliphatic rings. The lowest BCUT2D eigenvalue weighted by Crippen LogP contribution is -2.48. The van der Waals surface area contributed by atoms with Crippen LogP contribution in [0, 0.1) is 11.8 Å². The van der Waals surface area contributed by atoms with Crippen LogP contribution >= 0.6 is 0 Å². The van der Waals surface area contributed by atoms with Gasteiger partial charge in [0.1, 0.15) is 5.75 Å². The molecule has 150 valence electrons. The summed E-state index contributed by atoms with van der Waals surface area (Å²) in [5.41, 5.74) is 0.948. The van der Waals surface area contributed by atoms with Crippen LogP contribution < -0.4 is 10.1 Å². The number of nitrogens with zero attached hydrogens (tertiary/aromatic N) is 1. The Morgan fingerprint density at radius 1 is 1.15 bits per heavy atom. The molecule has 0 aromatic heterocycles. The minimum Gasteiger partial charge on any atom is -0.497 e. The van der Waals surface area contributed by atoms with Gasteiger partial charge in [-0.2, -0.15) is 13.2 Å². The molecule has 1 aromatic rings. The Bertz CT molecular complexity index is 642. The summed E-state index contributed by atoms with van der Waals surface area (Å²) in [6, 6.07) is 7.84. The van der Waals surface area contributed by atoms with E-state index in [1.54, 1.807) is 12.0 Å². The summed E-state index contributed by atoms with van der Waals surface area (Å²) >= 11 is 0. The van der Waals surface area contributed by atoms with E-state index in [0.717, 1.165) is 24.3 Å². The molecule has 2 fully saturated rings. The molecule has 0 spiro atoms. The number of amides is 1. The third-order valence-corrected chi connectivity index (χ3v) is 5.75. The van der Waals surface area contributed by atoms with Gasteiger partial charge < -0.3 is 15.0 Å². The van der Waals surface area contributed by atoms with Crippen LogP contribution in [-0.2, 0) is 4.79 Å². The molecule has 2 atom stereocenters. The summed E-state index contributed by atoms with van der Waals surface area (Å²) in [7, 11) is 1.61. The zero-order chi connectivity index (χ0) is 19.4. The number of ether oxygens (including phenoxy) is 1. The van der Waals surface area contributed by atoms with Crippen LogP contribution in [0.15, 0.2) is 24.3 Å². The van der Waals surface area contributed by atoms with Crippen molar-refractivity contribution in [2.24, 2.45) is 11.8 Å². The molecule has 7 heteroatoms. The fraction of sp³-hybridized carbons (Fsp3) is 0.650. The van der Waals surface area contributed by atoms with Crippen molar-refractivity contribution in [1.29, 1.82) is 0 Å². The Morgan fingerprint density at radius 3 is 2.52 bits per heavy atom. The van der Waals surface area contributed by atoms with E-state index in [1.807, 2.05) is 24.3 Å². The molecule has 0 unspecified atom stereocenters. The van der Waals surface area contributed by atoms with Crippen molar-refractivity contribution in [1.82, 2.24) is 4.90 Å². The van der Waals surface area contributed by atoms with Gasteiger partial charge in [-0.1, -0.05) is 18.9 Å². The number of anilines is 1. The summed E-state index contributed by atoms with van der Waals surface area (Å²) in [5, 5.41) is 3.43. The van der Waals surface area contributed by atoms with E-state index >= 15 is 0 Å². The second-order valence-corrected chi connectivity index (χ2v) is 7.51. The van der Waals surface area contributed by atoms with Crippen molar-refractivity contribution in [2.75, 3.05) is 25.5 Å². The lowest BCUT2D eigenvalue weighted by atomic mass is 9.77. The van der Waals surface area contributed by atoms with Gasteiger partial charge in [-0.05, 0) is 37.8 Å². The number of methoxy groups -OCH3 is 1. The molecule has 1 heterocycles. The standard InChI is InChI=1S/C20H27F3N2O2/c1-27-16-6-4-5-15(13-16)24-14-9-11-25(12-10-14)19(26)17-7-2-3-8-18(17)20(21,22)23/h4-6,13-14,17-18,24H,2-3,7-12H2,1H3/t17-,18-/m1/s1. The Balaban J connectivity index is 1.55. The van der Waals surface area contributed by atoms with Crippen molar-refractivity contribution >= 4 is 11.6 Å². The molecule has 1 aliphatic carbocycles. The van der Waals surface area contributed by atoms with Crippen LogP contribution in [0.5, 0.6) is 5.75 Å². The van der Waals surface area contributed by atoms with Crippen LogP contribution in [0.2, 0.25) is 0 Å². The minimum atomic E-state index is -4.28. The second-order valence-electron chi connectivity index (χ2n) is 7.51. The van der Waals surface area contributed by atoms with Crippen molar-refractivity contribution < 1.29 is 22.7 Å². The van der Waals surface area contributed by atoms with E-state index in [2.05, 4.69) is 5.32 Å². The normalized spacial score (nSPS) is 24.5. The van der Waals surface area contributed by atoms with Crippen LogP contribution in [0.1, 0.15) is 38.5 Å². The van der Waals surface area contributed by atoms with E-state index in [0.29, 0.717) is 32.4 Å². The highest BCUT2D eigenvalue weighted by molar-refractivity contribution is 5.79. The van der Waals surface area contributed by atoms with Gasteiger partial charge in [0.2, 0.25) is 5.91 Å². The van der Waals surface area contributed by atoms with Crippen LogP contribution in [-0.4, -0.2) is 43.2 Å². The number of hydrogen-bond donors (Lipinski definition) is 1. The predicted octanol–water partition coefficient (Wildman–Crippen LogP) is 4.47. The molecule has 27 heavy (non-hydrogen) atoms. The fourth-order valence-corrected chi connectivity index (χ4v) is 4.25. The second kappa shape index (κ2) is 8.40. The number of halogens is 3. The van der Waals surface area contributed by atoms with Crippen molar-refractivity contribution in [3.63, 3.8) is 0 Å². The molecule has 4 nitrogen and oxygen atoms in total. The first-order valence-electron chi connectivity index (χ1n) is 9.64. The maximum absolute atomic E-state index is 13.3. The molecular formula is C20H27F3N2O2. The summed E-state index contributed by atoms with van der Waals surface area (Å²) < 4.78 is 45.1. The number of benzene rings is 1. The number of piperidine rings is 1. The Labute approximate surface area is 158 Å². The van der Waals surface area contributed by atoms with Crippen LogP contribution in [0.4, 0.5) is 18.9 Å². The van der Waals surface area contributed by atoms with Gasteiger partial charge in [-0.15, -0.1) is 0 Å². The van der Waals surface area contributed by atoms with Gasteiger partial charge in [0.15, 0.2) is 0 Å². The van der Waals surface area contributed by atoms with Gasteiger partial charge in [-0.3, -0.25) is 4.79 Å². The first kappa shape index (κ1) is 19.8. The zero-order valence-electron chi connectivity index (χ0n) is 15.6. The zero-order valence-corrected chi connectivity index (χ0v) is 15.6. The highest BCUT2D eigenvalue weighted by Crippen LogP contribution is 2.42. The summed E-state index contributed by atoms with van der Waals surface area (Å²) in [5.74, 6) is -1.92. The van der Waals surface area contributed by atoms with Gasteiger partial charge in [-0.25, -0.2) is 0 Å². The SMILES string of the molecule is COc1cccc(NC2CCN(C(=O)[C@@H]3CCCC[C@H]3C(F)(F)F)CC2)c1. The number of carbonyl (C=O) groups is 1. The smallest absolute Gasteiger partial charge is 0.392 e. The summed E-state index contributed by atoms with van der Waals surface area (Å²) in [4.78, 5) is 14.4. The average Bonchev–Trinajstić information content (AvgIpc) is 2.67. The molecule has 1 N–H and O–H groups in total. The van der Waals surface area contributed by atoms with Gasteiger partial charge in [0.25, 0.3) is 0 Å². The molecule has 1 aliphatic heterocycles. The monoisotopic (exact) mass is 384 g/mol. The largest absolute Gasteiger partial charge is 0.497 e. The average molecular weight is 384 g/mol. The topological polar surface area (TPSA) is 41.6 Å². The fourth-order valence-electron chi connectivity index (χ4n) is 4.25. The number of hydrogen-bond acceptors (Lipinski definition) is 3. The molecule has 0 bridgehead atoms. The lowest BCUT2D eigenvalue weighted by Gasteiger charge is -2.38. The Hall–Kier alpha value is -1.92. The maximum Gasteiger partial charge on any atom is 0.392 e. The molecule has 1 saturated heterocycles.